The second kappa shape index (κ2) is 8.80. The van der Waals surface area contributed by atoms with Crippen LogP contribution in [-0.2, 0) is 16.1 Å². The summed E-state index contributed by atoms with van der Waals surface area (Å²) in [6, 6.07) is 13.9. The first-order chi connectivity index (χ1) is 15.4. The van der Waals surface area contributed by atoms with Crippen molar-refractivity contribution in [3.8, 4) is 11.5 Å². The SMILES string of the molecule is COc1ccc(OC)c([C@H]2C(=C(O)c3ccc(Cl)cc3)C(=O)C(=O)N2Cc2ccco2)c1. The van der Waals surface area contributed by atoms with Gasteiger partial charge in [-0.1, -0.05) is 11.6 Å². The zero-order valence-corrected chi connectivity index (χ0v) is 18.1. The van der Waals surface area contributed by atoms with E-state index in [2.05, 4.69) is 0 Å². The van der Waals surface area contributed by atoms with Crippen LogP contribution < -0.4 is 9.47 Å². The van der Waals surface area contributed by atoms with Crippen molar-refractivity contribution in [2.24, 2.45) is 0 Å². The fraction of sp³-hybridized carbons (Fsp3) is 0.167. The topological polar surface area (TPSA) is 89.2 Å². The van der Waals surface area contributed by atoms with Gasteiger partial charge in [-0.2, -0.15) is 0 Å². The molecule has 2 aromatic carbocycles. The Kier molecular flexibility index (Phi) is 5.92. The summed E-state index contributed by atoms with van der Waals surface area (Å²) in [4.78, 5) is 27.5. The molecular weight excluding hydrogens is 434 g/mol. The van der Waals surface area contributed by atoms with E-state index in [1.165, 1.54) is 25.4 Å². The standard InChI is InChI=1S/C24H20ClNO6/c1-30-16-9-10-19(31-2)18(12-16)21-20(22(27)14-5-7-15(25)8-6-14)23(28)24(29)26(21)13-17-4-3-11-32-17/h3-12,21,27H,13H2,1-2H3/t21-/m0/s1. The number of carbonyl (C=O) groups excluding carboxylic acids is 2. The molecule has 1 aliphatic heterocycles. The lowest BCUT2D eigenvalue weighted by Gasteiger charge is -2.26. The van der Waals surface area contributed by atoms with E-state index in [0.29, 0.717) is 33.4 Å². The van der Waals surface area contributed by atoms with Gasteiger partial charge in [0.1, 0.15) is 23.0 Å². The highest BCUT2D eigenvalue weighted by molar-refractivity contribution is 6.46. The van der Waals surface area contributed by atoms with Crippen LogP contribution >= 0.6 is 11.6 Å². The molecule has 0 saturated carbocycles. The molecule has 4 rings (SSSR count). The Morgan fingerprint density at radius 3 is 2.47 bits per heavy atom. The van der Waals surface area contributed by atoms with Crippen molar-refractivity contribution in [1.29, 1.82) is 0 Å². The molecule has 1 N–H and O–H groups in total. The number of hydrogen-bond acceptors (Lipinski definition) is 6. The monoisotopic (exact) mass is 453 g/mol. The molecular formula is C24H20ClNO6. The Morgan fingerprint density at radius 2 is 1.84 bits per heavy atom. The zero-order valence-electron chi connectivity index (χ0n) is 17.4. The van der Waals surface area contributed by atoms with Gasteiger partial charge in [0.05, 0.1) is 38.6 Å². The van der Waals surface area contributed by atoms with Crippen LogP contribution in [0.2, 0.25) is 5.02 Å². The molecule has 3 aromatic rings. The molecule has 1 saturated heterocycles. The summed E-state index contributed by atoms with van der Waals surface area (Å²) < 4.78 is 16.3. The number of ketones is 1. The molecule has 164 valence electrons. The molecule has 32 heavy (non-hydrogen) atoms. The van der Waals surface area contributed by atoms with Crippen molar-refractivity contribution in [3.05, 3.63) is 88.3 Å². The van der Waals surface area contributed by atoms with Crippen LogP contribution in [0.1, 0.15) is 22.9 Å². The molecule has 0 bridgehead atoms. The van der Waals surface area contributed by atoms with Crippen molar-refractivity contribution in [2.75, 3.05) is 14.2 Å². The molecule has 1 atom stereocenters. The number of likely N-dealkylation sites (tertiary alicyclic amines) is 1. The minimum Gasteiger partial charge on any atom is -0.507 e. The predicted molar refractivity (Wildman–Crippen MR) is 118 cm³/mol. The zero-order chi connectivity index (χ0) is 22.8. The average Bonchev–Trinajstić information content (AvgIpc) is 3.41. The lowest BCUT2D eigenvalue weighted by molar-refractivity contribution is -0.140. The molecule has 1 fully saturated rings. The number of carbonyl (C=O) groups is 2. The highest BCUT2D eigenvalue weighted by Gasteiger charge is 2.47. The Bertz CT molecular complexity index is 1180. The number of aliphatic hydroxyl groups excluding tert-OH is 1. The Labute approximate surface area is 189 Å². The number of hydrogen-bond donors (Lipinski definition) is 1. The number of rotatable bonds is 6. The normalized spacial score (nSPS) is 17.6. The van der Waals surface area contributed by atoms with E-state index in [-0.39, 0.29) is 17.9 Å². The third-order valence-electron chi connectivity index (χ3n) is 5.30. The van der Waals surface area contributed by atoms with Gasteiger partial charge in [-0.15, -0.1) is 0 Å². The Hall–Kier alpha value is -3.71. The summed E-state index contributed by atoms with van der Waals surface area (Å²) in [5.41, 5.74) is 0.792. The van der Waals surface area contributed by atoms with E-state index in [9.17, 15) is 14.7 Å². The summed E-state index contributed by atoms with van der Waals surface area (Å²) >= 11 is 5.96. The second-order valence-electron chi connectivity index (χ2n) is 7.12. The average molecular weight is 454 g/mol. The quantitative estimate of drug-likeness (QED) is 0.334. The third kappa shape index (κ3) is 3.83. The predicted octanol–water partition coefficient (Wildman–Crippen LogP) is 4.57. The van der Waals surface area contributed by atoms with E-state index in [0.717, 1.165) is 0 Å². The lowest BCUT2D eigenvalue weighted by atomic mass is 9.94. The summed E-state index contributed by atoms with van der Waals surface area (Å²) in [6.07, 6.45) is 1.49. The molecule has 2 heterocycles. The van der Waals surface area contributed by atoms with E-state index in [4.69, 9.17) is 25.5 Å². The number of halogens is 1. The number of aliphatic hydroxyl groups is 1. The molecule has 0 aliphatic carbocycles. The van der Waals surface area contributed by atoms with Crippen LogP contribution in [0.15, 0.2) is 70.9 Å². The van der Waals surface area contributed by atoms with Gasteiger partial charge in [0.2, 0.25) is 0 Å². The fourth-order valence-corrected chi connectivity index (χ4v) is 3.88. The van der Waals surface area contributed by atoms with Crippen molar-refractivity contribution >= 4 is 29.1 Å². The number of furan rings is 1. The first-order valence-electron chi connectivity index (χ1n) is 9.73. The van der Waals surface area contributed by atoms with Crippen LogP contribution in [0.25, 0.3) is 5.76 Å². The smallest absolute Gasteiger partial charge is 0.296 e. The maximum Gasteiger partial charge on any atom is 0.296 e. The Morgan fingerprint density at radius 1 is 1.09 bits per heavy atom. The molecule has 0 radical (unpaired) electrons. The van der Waals surface area contributed by atoms with Crippen molar-refractivity contribution in [2.45, 2.75) is 12.6 Å². The van der Waals surface area contributed by atoms with E-state index in [1.807, 2.05) is 0 Å². The largest absolute Gasteiger partial charge is 0.507 e. The minimum atomic E-state index is -0.930. The van der Waals surface area contributed by atoms with Gasteiger partial charge in [-0.3, -0.25) is 9.59 Å². The van der Waals surface area contributed by atoms with Crippen molar-refractivity contribution in [3.63, 3.8) is 0 Å². The maximum absolute atomic E-state index is 13.1. The molecule has 7 nitrogen and oxygen atoms in total. The van der Waals surface area contributed by atoms with Crippen LogP contribution in [0, 0.1) is 0 Å². The van der Waals surface area contributed by atoms with Gasteiger partial charge in [0, 0.05) is 16.1 Å². The molecule has 1 amide bonds. The second-order valence-corrected chi connectivity index (χ2v) is 7.56. The van der Waals surface area contributed by atoms with E-state index < -0.39 is 17.7 Å². The van der Waals surface area contributed by atoms with Crippen LogP contribution in [0.3, 0.4) is 0 Å². The molecule has 8 heteroatoms. The van der Waals surface area contributed by atoms with Gasteiger partial charge in [0.25, 0.3) is 11.7 Å². The minimum absolute atomic E-state index is 0.0278. The summed E-state index contributed by atoms with van der Waals surface area (Å²) in [7, 11) is 3.00. The van der Waals surface area contributed by atoms with Gasteiger partial charge >= 0.3 is 0 Å². The summed E-state index contributed by atoms with van der Waals surface area (Å²) in [5.74, 6) is -0.437. The molecule has 1 aliphatic rings. The number of amides is 1. The molecule has 1 aromatic heterocycles. The van der Waals surface area contributed by atoms with Gasteiger partial charge in [0.15, 0.2) is 0 Å². The number of benzene rings is 2. The number of Topliss-reactive ketones (excluding diaryl/α,β-unsaturated/α-hetero) is 1. The van der Waals surface area contributed by atoms with E-state index >= 15 is 0 Å². The fourth-order valence-electron chi connectivity index (χ4n) is 3.75. The Balaban J connectivity index is 1.93. The third-order valence-corrected chi connectivity index (χ3v) is 5.55. The highest BCUT2D eigenvalue weighted by Crippen LogP contribution is 2.44. The van der Waals surface area contributed by atoms with Crippen LogP contribution in [-0.4, -0.2) is 35.9 Å². The molecule has 0 unspecified atom stereocenters. The van der Waals surface area contributed by atoms with E-state index in [1.54, 1.807) is 54.6 Å². The van der Waals surface area contributed by atoms with Crippen LogP contribution in [0.5, 0.6) is 11.5 Å². The summed E-state index contributed by atoms with van der Waals surface area (Å²) in [6.45, 7) is 0.0278. The van der Waals surface area contributed by atoms with Gasteiger partial charge < -0.3 is 23.9 Å². The van der Waals surface area contributed by atoms with Gasteiger partial charge in [-0.05, 0) is 54.6 Å². The number of ether oxygens (including phenoxy) is 2. The van der Waals surface area contributed by atoms with Gasteiger partial charge in [-0.25, -0.2) is 0 Å². The van der Waals surface area contributed by atoms with Crippen LogP contribution in [0.4, 0.5) is 0 Å². The number of methoxy groups -OCH3 is 2. The first kappa shape index (κ1) is 21.5. The first-order valence-corrected chi connectivity index (χ1v) is 10.1. The van der Waals surface area contributed by atoms with Crippen molar-refractivity contribution < 1.29 is 28.6 Å². The maximum atomic E-state index is 13.1. The highest BCUT2D eigenvalue weighted by atomic mass is 35.5. The number of nitrogens with zero attached hydrogens (tertiary/aromatic N) is 1. The molecule has 0 spiro atoms. The summed E-state index contributed by atoms with van der Waals surface area (Å²) in [5, 5.41) is 11.6. The van der Waals surface area contributed by atoms with Crippen molar-refractivity contribution in [1.82, 2.24) is 4.90 Å². The lowest BCUT2D eigenvalue weighted by Crippen LogP contribution is -2.29.